The molecule has 0 bridgehead atoms. The zero-order chi connectivity index (χ0) is 23.8. The maximum absolute atomic E-state index is 12.9. The Hall–Kier alpha value is -2.29. The van der Waals surface area contributed by atoms with Crippen molar-refractivity contribution in [3.63, 3.8) is 0 Å². The molecule has 1 saturated heterocycles. The predicted molar refractivity (Wildman–Crippen MR) is 132 cm³/mol. The molecule has 7 nitrogen and oxygen atoms in total. The highest BCUT2D eigenvalue weighted by Crippen LogP contribution is 2.24. The van der Waals surface area contributed by atoms with Gasteiger partial charge in [0.1, 0.15) is 5.75 Å². The summed E-state index contributed by atoms with van der Waals surface area (Å²) < 4.78 is 33.6. The first-order valence-electron chi connectivity index (χ1n) is 11.3. The maximum atomic E-state index is 12.9. The number of nitrogens with zero attached hydrogens (tertiary/aromatic N) is 1. The third-order valence-electron chi connectivity index (χ3n) is 5.54. The van der Waals surface area contributed by atoms with Crippen molar-refractivity contribution in [2.45, 2.75) is 38.0 Å². The van der Waals surface area contributed by atoms with Crippen LogP contribution in [0.2, 0.25) is 5.02 Å². The Morgan fingerprint density at radius 1 is 1.12 bits per heavy atom. The van der Waals surface area contributed by atoms with Crippen LogP contribution < -0.4 is 14.8 Å². The lowest BCUT2D eigenvalue weighted by atomic mass is 10.1. The first-order valence-corrected chi connectivity index (χ1v) is 13.2. The van der Waals surface area contributed by atoms with Gasteiger partial charge in [0.2, 0.25) is 0 Å². The summed E-state index contributed by atoms with van der Waals surface area (Å²) in [6.07, 6.45) is 3.73. The summed E-state index contributed by atoms with van der Waals surface area (Å²) in [7, 11) is -3.90. The molecule has 1 aliphatic heterocycles. The second-order valence-corrected chi connectivity index (χ2v) is 10.5. The Morgan fingerprint density at radius 3 is 2.48 bits per heavy atom. The summed E-state index contributed by atoms with van der Waals surface area (Å²) in [5.74, 6) is 0.545. The number of ether oxygens (including phenoxy) is 1. The number of hydrogen-bond donors (Lipinski definition) is 2. The molecule has 2 N–H and O–H groups in total. The number of amides is 1. The van der Waals surface area contributed by atoms with Crippen LogP contribution in [-0.4, -0.2) is 52.0 Å². The van der Waals surface area contributed by atoms with Gasteiger partial charge in [-0.2, -0.15) is 0 Å². The van der Waals surface area contributed by atoms with E-state index in [0.717, 1.165) is 19.6 Å². The quantitative estimate of drug-likeness (QED) is 0.512. The van der Waals surface area contributed by atoms with Crippen molar-refractivity contribution < 1.29 is 17.9 Å². The van der Waals surface area contributed by atoms with E-state index in [0.29, 0.717) is 24.6 Å². The molecule has 1 aliphatic rings. The molecule has 0 saturated carbocycles. The zero-order valence-corrected chi connectivity index (χ0v) is 20.7. The Morgan fingerprint density at radius 2 is 1.82 bits per heavy atom. The Bertz CT molecular complexity index is 1040. The SMILES string of the molecule is CCOc1ccc(NS(=O)(=O)c2ccc(Cl)c(C(=O)NCC(C)CN3CCCCC3)c2)cc1. The van der Waals surface area contributed by atoms with Gasteiger partial charge in [-0.25, -0.2) is 8.42 Å². The van der Waals surface area contributed by atoms with Gasteiger partial charge in [0.15, 0.2) is 0 Å². The molecule has 0 aliphatic carbocycles. The van der Waals surface area contributed by atoms with Gasteiger partial charge in [-0.15, -0.1) is 0 Å². The number of piperidine rings is 1. The Kier molecular flexibility index (Phi) is 9.00. The smallest absolute Gasteiger partial charge is 0.261 e. The van der Waals surface area contributed by atoms with E-state index < -0.39 is 10.0 Å². The normalized spacial score (nSPS) is 15.6. The van der Waals surface area contributed by atoms with E-state index in [4.69, 9.17) is 16.3 Å². The molecule has 33 heavy (non-hydrogen) atoms. The zero-order valence-electron chi connectivity index (χ0n) is 19.1. The highest BCUT2D eigenvalue weighted by Gasteiger charge is 2.20. The van der Waals surface area contributed by atoms with Crippen LogP contribution in [0.15, 0.2) is 47.4 Å². The minimum atomic E-state index is -3.90. The van der Waals surface area contributed by atoms with Gasteiger partial charge in [0, 0.05) is 18.8 Å². The number of likely N-dealkylation sites (tertiary alicyclic amines) is 1. The number of carbonyl (C=O) groups excluding carboxylic acids is 1. The van der Waals surface area contributed by atoms with Crippen molar-refractivity contribution >= 4 is 33.2 Å². The van der Waals surface area contributed by atoms with Gasteiger partial charge in [0.05, 0.1) is 22.1 Å². The monoisotopic (exact) mass is 493 g/mol. The lowest BCUT2D eigenvalue weighted by Crippen LogP contribution is -2.38. The number of rotatable bonds is 10. The molecular weight excluding hydrogens is 462 g/mol. The molecule has 0 spiro atoms. The molecule has 0 radical (unpaired) electrons. The molecule has 180 valence electrons. The average molecular weight is 494 g/mol. The second kappa shape index (κ2) is 11.7. The van der Waals surface area contributed by atoms with Crippen LogP contribution in [0, 0.1) is 5.92 Å². The van der Waals surface area contributed by atoms with E-state index in [1.54, 1.807) is 24.3 Å². The van der Waals surface area contributed by atoms with Crippen LogP contribution in [0.1, 0.15) is 43.5 Å². The van der Waals surface area contributed by atoms with Crippen LogP contribution in [0.5, 0.6) is 5.75 Å². The summed E-state index contributed by atoms with van der Waals surface area (Å²) in [6.45, 7) is 8.12. The van der Waals surface area contributed by atoms with Gasteiger partial charge in [0.25, 0.3) is 15.9 Å². The molecule has 9 heteroatoms. The number of carbonyl (C=O) groups is 1. The number of hydrogen-bond acceptors (Lipinski definition) is 5. The average Bonchev–Trinajstić information content (AvgIpc) is 2.79. The highest BCUT2D eigenvalue weighted by atomic mass is 35.5. The molecule has 1 unspecified atom stereocenters. The van der Waals surface area contributed by atoms with Crippen molar-refractivity contribution in [1.82, 2.24) is 10.2 Å². The number of benzene rings is 2. The molecule has 1 amide bonds. The predicted octanol–water partition coefficient (Wildman–Crippen LogP) is 4.39. The van der Waals surface area contributed by atoms with Crippen molar-refractivity contribution in [2.24, 2.45) is 5.92 Å². The summed E-state index contributed by atoms with van der Waals surface area (Å²) >= 11 is 6.22. The van der Waals surface area contributed by atoms with Gasteiger partial charge < -0.3 is 15.0 Å². The highest BCUT2D eigenvalue weighted by molar-refractivity contribution is 7.92. The molecule has 1 heterocycles. The van der Waals surface area contributed by atoms with E-state index in [1.807, 2.05) is 6.92 Å². The van der Waals surface area contributed by atoms with E-state index >= 15 is 0 Å². The van der Waals surface area contributed by atoms with Gasteiger partial charge >= 0.3 is 0 Å². The molecule has 3 rings (SSSR count). The van der Waals surface area contributed by atoms with Gasteiger partial charge in [-0.3, -0.25) is 9.52 Å². The second-order valence-electron chi connectivity index (χ2n) is 8.38. The van der Waals surface area contributed by atoms with Crippen molar-refractivity contribution in [3.05, 3.63) is 53.1 Å². The third kappa shape index (κ3) is 7.35. The summed E-state index contributed by atoms with van der Waals surface area (Å²) in [6, 6.07) is 10.7. The van der Waals surface area contributed by atoms with Crippen LogP contribution in [0.4, 0.5) is 5.69 Å². The summed E-state index contributed by atoms with van der Waals surface area (Å²) in [5, 5.41) is 3.10. The summed E-state index contributed by atoms with van der Waals surface area (Å²) in [4.78, 5) is 15.1. The van der Waals surface area contributed by atoms with E-state index in [2.05, 4.69) is 21.9 Å². The van der Waals surface area contributed by atoms with Crippen LogP contribution in [0.25, 0.3) is 0 Å². The number of sulfonamides is 1. The van der Waals surface area contributed by atoms with Gasteiger partial charge in [-0.05, 0) is 81.2 Å². The Labute approximate surface area is 201 Å². The van der Waals surface area contributed by atoms with Crippen molar-refractivity contribution in [3.8, 4) is 5.75 Å². The molecular formula is C24H32ClN3O4S. The first-order chi connectivity index (χ1) is 15.8. The van der Waals surface area contributed by atoms with Crippen molar-refractivity contribution in [2.75, 3.05) is 37.5 Å². The minimum absolute atomic E-state index is 0.0349. The van der Waals surface area contributed by atoms with Crippen LogP contribution >= 0.6 is 11.6 Å². The van der Waals surface area contributed by atoms with Crippen LogP contribution in [0.3, 0.4) is 0 Å². The van der Waals surface area contributed by atoms with Crippen LogP contribution in [-0.2, 0) is 10.0 Å². The summed E-state index contributed by atoms with van der Waals surface area (Å²) in [5.41, 5.74) is 0.530. The molecule has 2 aromatic rings. The maximum Gasteiger partial charge on any atom is 0.261 e. The molecule has 1 fully saturated rings. The minimum Gasteiger partial charge on any atom is -0.494 e. The van der Waals surface area contributed by atoms with E-state index in [-0.39, 0.29) is 27.3 Å². The number of anilines is 1. The Balaban J connectivity index is 1.64. The first kappa shape index (κ1) is 25.3. The lowest BCUT2D eigenvalue weighted by molar-refractivity contribution is 0.0942. The lowest BCUT2D eigenvalue weighted by Gasteiger charge is -2.29. The fourth-order valence-electron chi connectivity index (χ4n) is 3.85. The molecule has 0 aromatic heterocycles. The topological polar surface area (TPSA) is 87.7 Å². The third-order valence-corrected chi connectivity index (χ3v) is 7.25. The van der Waals surface area contributed by atoms with Gasteiger partial charge in [-0.1, -0.05) is 24.9 Å². The number of nitrogens with one attached hydrogen (secondary N) is 2. The largest absolute Gasteiger partial charge is 0.494 e. The molecule has 2 aromatic carbocycles. The number of halogens is 1. The molecule has 1 atom stereocenters. The van der Waals surface area contributed by atoms with E-state index in [1.165, 1.54) is 37.5 Å². The van der Waals surface area contributed by atoms with E-state index in [9.17, 15) is 13.2 Å². The standard InChI is InChI=1S/C24H32ClN3O4S/c1-3-32-20-9-7-19(8-10-20)27-33(30,31)21-11-12-23(25)22(15-21)24(29)26-16-18(2)17-28-13-5-4-6-14-28/h7-12,15,18,27H,3-6,13-14,16-17H2,1-2H3,(H,26,29). The fourth-order valence-corrected chi connectivity index (χ4v) is 5.14. The fraction of sp³-hybridized carbons (Fsp3) is 0.458. The van der Waals surface area contributed by atoms with Crippen molar-refractivity contribution in [1.29, 1.82) is 0 Å².